The van der Waals surface area contributed by atoms with Crippen LogP contribution < -0.4 is 10.1 Å². The van der Waals surface area contributed by atoms with Gasteiger partial charge >= 0.3 is 5.97 Å². The van der Waals surface area contributed by atoms with E-state index in [2.05, 4.69) is 5.32 Å². The van der Waals surface area contributed by atoms with E-state index in [0.29, 0.717) is 28.4 Å². The summed E-state index contributed by atoms with van der Waals surface area (Å²) in [5.74, 6) is -0.696. The maximum atomic E-state index is 11.9. The lowest BCUT2D eigenvalue weighted by Gasteiger charge is -2.10. The molecule has 0 radical (unpaired) electrons. The van der Waals surface area contributed by atoms with E-state index < -0.39 is 18.5 Å². The van der Waals surface area contributed by atoms with E-state index in [1.165, 1.54) is 0 Å². The number of carbonyl (C=O) groups is 3. The number of halogens is 1. The molecule has 6 nitrogen and oxygen atoms in total. The van der Waals surface area contributed by atoms with Crippen LogP contribution >= 0.6 is 11.6 Å². The Bertz CT molecular complexity index is 833. The molecule has 0 heterocycles. The van der Waals surface area contributed by atoms with Crippen molar-refractivity contribution in [1.29, 1.82) is 0 Å². The summed E-state index contributed by atoms with van der Waals surface area (Å²) < 4.78 is 10.2. The first kappa shape index (κ1) is 20.5. The predicted molar refractivity (Wildman–Crippen MR) is 102 cm³/mol. The van der Waals surface area contributed by atoms with Crippen molar-refractivity contribution in [2.45, 2.75) is 20.3 Å². The highest BCUT2D eigenvalue weighted by molar-refractivity contribution is 6.31. The topological polar surface area (TPSA) is 81.7 Å². The summed E-state index contributed by atoms with van der Waals surface area (Å²) in [6.07, 6.45) is 0.420. The Kier molecular flexibility index (Phi) is 7.37. The van der Waals surface area contributed by atoms with Crippen LogP contribution in [0.4, 0.5) is 5.69 Å². The average Bonchev–Trinajstić information content (AvgIpc) is 2.68. The van der Waals surface area contributed by atoms with Gasteiger partial charge in [-0.3, -0.25) is 9.59 Å². The lowest BCUT2D eigenvalue weighted by molar-refractivity contribution is -0.149. The molecule has 27 heavy (non-hydrogen) atoms. The van der Waals surface area contributed by atoms with Crippen molar-refractivity contribution in [2.24, 2.45) is 0 Å². The fourth-order valence-electron chi connectivity index (χ4n) is 2.20. The number of esters is 1. The van der Waals surface area contributed by atoms with Crippen molar-refractivity contribution in [1.82, 2.24) is 0 Å². The quantitative estimate of drug-likeness (QED) is 0.548. The van der Waals surface area contributed by atoms with Crippen LogP contribution in [0.15, 0.2) is 42.5 Å². The molecule has 7 heteroatoms. The predicted octanol–water partition coefficient (Wildman–Crippen LogP) is 3.80. The fraction of sp³-hybridized carbons (Fsp3) is 0.250. The van der Waals surface area contributed by atoms with Crippen LogP contribution in [0.3, 0.4) is 0 Å². The van der Waals surface area contributed by atoms with Crippen LogP contribution in [-0.2, 0) is 14.3 Å². The van der Waals surface area contributed by atoms with E-state index in [1.54, 1.807) is 56.3 Å². The molecule has 2 aromatic carbocycles. The van der Waals surface area contributed by atoms with E-state index in [4.69, 9.17) is 21.1 Å². The van der Waals surface area contributed by atoms with Gasteiger partial charge in [-0.1, -0.05) is 24.6 Å². The summed E-state index contributed by atoms with van der Waals surface area (Å²) in [5.41, 5.74) is 1.87. The van der Waals surface area contributed by atoms with Gasteiger partial charge in [-0.2, -0.15) is 0 Å². The van der Waals surface area contributed by atoms with Gasteiger partial charge in [-0.15, -0.1) is 0 Å². The Morgan fingerprint density at radius 1 is 1.04 bits per heavy atom. The van der Waals surface area contributed by atoms with Gasteiger partial charge < -0.3 is 14.8 Å². The molecule has 0 aliphatic heterocycles. The van der Waals surface area contributed by atoms with E-state index in [-0.39, 0.29) is 12.4 Å². The van der Waals surface area contributed by atoms with E-state index in [0.717, 1.165) is 5.56 Å². The lowest BCUT2D eigenvalue weighted by atomic mass is 10.1. The number of ether oxygens (including phenoxy) is 2. The number of anilines is 1. The van der Waals surface area contributed by atoms with Crippen LogP contribution in [0.2, 0.25) is 5.02 Å². The number of amides is 1. The first-order chi connectivity index (χ1) is 12.9. The average molecular weight is 390 g/mol. The number of rotatable bonds is 8. The molecule has 1 N–H and O–H groups in total. The molecule has 0 aliphatic rings. The smallest absolute Gasteiger partial charge is 0.344 e. The zero-order valence-electron chi connectivity index (χ0n) is 15.1. The zero-order chi connectivity index (χ0) is 19.8. The minimum Gasteiger partial charge on any atom is -0.482 e. The first-order valence-corrected chi connectivity index (χ1v) is 8.75. The van der Waals surface area contributed by atoms with Crippen molar-refractivity contribution in [2.75, 3.05) is 18.5 Å². The second kappa shape index (κ2) is 9.73. The number of ketones is 1. The first-order valence-electron chi connectivity index (χ1n) is 8.37. The molecule has 2 rings (SSSR count). The molecule has 0 aromatic heterocycles. The summed E-state index contributed by atoms with van der Waals surface area (Å²) in [4.78, 5) is 35.1. The highest BCUT2D eigenvalue weighted by atomic mass is 35.5. The molecule has 0 aliphatic carbocycles. The molecule has 0 saturated carbocycles. The van der Waals surface area contributed by atoms with E-state index in [9.17, 15) is 14.4 Å². The van der Waals surface area contributed by atoms with Crippen molar-refractivity contribution >= 4 is 34.9 Å². The Morgan fingerprint density at radius 3 is 2.41 bits per heavy atom. The highest BCUT2D eigenvalue weighted by Crippen LogP contribution is 2.22. The van der Waals surface area contributed by atoms with Gasteiger partial charge in [0.1, 0.15) is 5.75 Å². The number of benzene rings is 2. The van der Waals surface area contributed by atoms with Crippen molar-refractivity contribution in [3.63, 3.8) is 0 Å². The Hall–Kier alpha value is -2.86. The van der Waals surface area contributed by atoms with Crippen molar-refractivity contribution in [3.8, 4) is 5.75 Å². The minimum atomic E-state index is -0.679. The third kappa shape index (κ3) is 6.11. The van der Waals surface area contributed by atoms with Crippen LogP contribution in [0.5, 0.6) is 5.75 Å². The molecular weight excluding hydrogens is 370 g/mol. The molecule has 142 valence electrons. The van der Waals surface area contributed by atoms with Crippen LogP contribution in [-0.4, -0.2) is 30.9 Å². The Morgan fingerprint density at radius 2 is 1.74 bits per heavy atom. The molecule has 0 bridgehead atoms. The monoisotopic (exact) mass is 389 g/mol. The number of nitrogens with one attached hydrogen (secondary N) is 1. The number of hydrogen-bond donors (Lipinski definition) is 1. The second-order valence-electron chi connectivity index (χ2n) is 5.71. The molecule has 0 spiro atoms. The maximum absolute atomic E-state index is 11.9. The van der Waals surface area contributed by atoms with E-state index in [1.807, 2.05) is 0 Å². The van der Waals surface area contributed by atoms with Crippen LogP contribution in [0.1, 0.15) is 29.3 Å². The molecule has 0 fully saturated rings. The normalized spacial score (nSPS) is 10.2. The van der Waals surface area contributed by atoms with Crippen molar-refractivity contribution in [3.05, 3.63) is 58.6 Å². The largest absolute Gasteiger partial charge is 0.482 e. The molecule has 0 saturated heterocycles. The van der Waals surface area contributed by atoms with Gasteiger partial charge in [0.2, 0.25) is 0 Å². The molecular formula is C20H20ClNO5. The fourth-order valence-corrected chi connectivity index (χ4v) is 2.37. The highest BCUT2D eigenvalue weighted by Gasteiger charge is 2.11. The Balaban J connectivity index is 1.76. The van der Waals surface area contributed by atoms with Gasteiger partial charge in [0.25, 0.3) is 5.91 Å². The Labute approximate surface area is 162 Å². The SMILES string of the molecule is CCC(=O)c1ccc(OCC(=O)OCC(=O)Nc2cccc(Cl)c2C)cc1. The molecule has 1 amide bonds. The molecule has 2 aromatic rings. The summed E-state index contributed by atoms with van der Waals surface area (Å²) in [6, 6.07) is 11.6. The maximum Gasteiger partial charge on any atom is 0.344 e. The van der Waals surface area contributed by atoms with Gasteiger partial charge in [0, 0.05) is 22.7 Å². The standard InChI is InChI=1S/C20H20ClNO5/c1-3-18(23)14-7-9-15(10-8-14)26-12-20(25)27-11-19(24)22-17-6-4-5-16(21)13(17)2/h4-10H,3,11-12H2,1-2H3,(H,22,24). The number of carbonyl (C=O) groups excluding carboxylic acids is 3. The second-order valence-corrected chi connectivity index (χ2v) is 6.12. The lowest BCUT2D eigenvalue weighted by Crippen LogP contribution is -2.24. The van der Waals surface area contributed by atoms with Gasteiger partial charge in [0.05, 0.1) is 0 Å². The molecule has 0 unspecified atom stereocenters. The van der Waals surface area contributed by atoms with E-state index >= 15 is 0 Å². The van der Waals surface area contributed by atoms with Gasteiger partial charge in [-0.25, -0.2) is 4.79 Å². The zero-order valence-corrected chi connectivity index (χ0v) is 15.8. The molecule has 0 atom stereocenters. The minimum absolute atomic E-state index is 0.0295. The number of hydrogen-bond acceptors (Lipinski definition) is 5. The van der Waals surface area contributed by atoms with Crippen LogP contribution in [0.25, 0.3) is 0 Å². The van der Waals surface area contributed by atoms with Gasteiger partial charge in [0.15, 0.2) is 19.0 Å². The summed E-state index contributed by atoms with van der Waals surface area (Å²) in [7, 11) is 0. The summed E-state index contributed by atoms with van der Waals surface area (Å²) in [5, 5.41) is 3.16. The summed E-state index contributed by atoms with van der Waals surface area (Å²) >= 11 is 5.99. The van der Waals surface area contributed by atoms with Crippen LogP contribution in [0, 0.1) is 6.92 Å². The third-order valence-corrected chi connectivity index (χ3v) is 4.17. The van der Waals surface area contributed by atoms with Crippen molar-refractivity contribution < 1.29 is 23.9 Å². The summed E-state index contributed by atoms with van der Waals surface area (Å²) in [6.45, 7) is 2.78. The van der Waals surface area contributed by atoms with Gasteiger partial charge in [-0.05, 0) is 48.9 Å². The number of Topliss-reactive ketones (excluding diaryl/α,β-unsaturated/α-hetero) is 1. The third-order valence-electron chi connectivity index (χ3n) is 3.76.